The minimum atomic E-state index is -0.862. The SMILES string of the molecule is COC(=O)/C(N=Nc1ccc(Cl)cc1)=C(\O)c1cc(Cl)sc1Cl. The number of ether oxygens (including phenoxy) is 1. The summed E-state index contributed by atoms with van der Waals surface area (Å²) >= 11 is 18.6. The first-order valence-electron chi connectivity index (χ1n) is 6.06. The van der Waals surface area contributed by atoms with Crippen LogP contribution in [-0.4, -0.2) is 18.2 Å². The molecule has 0 aliphatic carbocycles. The zero-order chi connectivity index (χ0) is 17.0. The van der Waals surface area contributed by atoms with Crippen LogP contribution < -0.4 is 0 Å². The highest BCUT2D eigenvalue weighted by molar-refractivity contribution is 7.20. The van der Waals surface area contributed by atoms with E-state index in [2.05, 4.69) is 15.0 Å². The van der Waals surface area contributed by atoms with Crippen molar-refractivity contribution in [1.82, 2.24) is 0 Å². The fourth-order valence-electron chi connectivity index (χ4n) is 1.53. The summed E-state index contributed by atoms with van der Waals surface area (Å²) in [6, 6.07) is 7.86. The summed E-state index contributed by atoms with van der Waals surface area (Å²) in [7, 11) is 1.16. The number of carbonyl (C=O) groups is 1. The molecule has 0 unspecified atom stereocenters. The highest BCUT2D eigenvalue weighted by Crippen LogP contribution is 2.36. The molecule has 0 radical (unpaired) electrons. The Morgan fingerprint density at radius 3 is 2.39 bits per heavy atom. The highest BCUT2D eigenvalue weighted by atomic mass is 35.5. The maximum atomic E-state index is 11.8. The standard InChI is InChI=1S/C14H9Cl3N2O3S/c1-22-14(21)11(12(20)9-6-10(16)23-13(9)17)19-18-8-4-2-7(15)3-5-8/h2-6,20H,1H3/b12-11+,19-18?. The number of aliphatic hydroxyl groups excluding tert-OH is 1. The molecule has 0 fully saturated rings. The van der Waals surface area contributed by atoms with E-state index in [9.17, 15) is 9.90 Å². The first kappa shape index (κ1) is 17.7. The van der Waals surface area contributed by atoms with Crippen LogP contribution in [-0.2, 0) is 9.53 Å². The predicted octanol–water partition coefficient (Wildman–Crippen LogP) is 5.89. The van der Waals surface area contributed by atoms with E-state index in [1.54, 1.807) is 24.3 Å². The smallest absolute Gasteiger partial charge is 0.362 e. The molecule has 0 amide bonds. The van der Waals surface area contributed by atoms with Crippen molar-refractivity contribution in [1.29, 1.82) is 0 Å². The van der Waals surface area contributed by atoms with Crippen molar-refractivity contribution in [3.05, 3.63) is 55.3 Å². The quantitative estimate of drug-likeness (QED) is 0.305. The third-order valence-electron chi connectivity index (χ3n) is 2.61. The molecule has 5 nitrogen and oxygen atoms in total. The van der Waals surface area contributed by atoms with E-state index in [4.69, 9.17) is 34.8 Å². The Kier molecular flexibility index (Phi) is 6.01. The molecule has 1 aromatic heterocycles. The van der Waals surface area contributed by atoms with Crippen LogP contribution in [0.25, 0.3) is 5.76 Å². The number of benzene rings is 1. The van der Waals surface area contributed by atoms with Gasteiger partial charge in [-0.25, -0.2) is 4.79 Å². The molecule has 9 heteroatoms. The number of rotatable bonds is 4. The van der Waals surface area contributed by atoms with Gasteiger partial charge in [-0.05, 0) is 30.3 Å². The molecule has 1 heterocycles. The van der Waals surface area contributed by atoms with Gasteiger partial charge in [0.1, 0.15) is 4.34 Å². The monoisotopic (exact) mass is 390 g/mol. The Labute approximate surface area is 150 Å². The zero-order valence-electron chi connectivity index (χ0n) is 11.6. The Morgan fingerprint density at radius 1 is 1.22 bits per heavy atom. The fourth-order valence-corrected chi connectivity index (χ4v) is 3.12. The van der Waals surface area contributed by atoms with E-state index >= 15 is 0 Å². The number of aliphatic hydroxyl groups is 1. The van der Waals surface area contributed by atoms with E-state index in [1.807, 2.05) is 0 Å². The van der Waals surface area contributed by atoms with Gasteiger partial charge < -0.3 is 9.84 Å². The normalized spacial score (nSPS) is 12.3. The second-order valence-electron chi connectivity index (χ2n) is 4.10. The Balaban J connectivity index is 2.44. The lowest BCUT2D eigenvalue weighted by molar-refractivity contribution is -0.136. The van der Waals surface area contributed by atoms with Crippen molar-refractivity contribution in [3.8, 4) is 0 Å². The third kappa shape index (κ3) is 4.45. The number of azo groups is 1. The molecule has 23 heavy (non-hydrogen) atoms. The number of thiophene rings is 1. The van der Waals surface area contributed by atoms with Gasteiger partial charge in [-0.1, -0.05) is 34.8 Å². The van der Waals surface area contributed by atoms with Crippen LogP contribution in [0.2, 0.25) is 13.7 Å². The van der Waals surface area contributed by atoms with Gasteiger partial charge in [0.15, 0.2) is 5.76 Å². The Morgan fingerprint density at radius 2 is 1.87 bits per heavy atom. The molecule has 0 saturated heterocycles. The van der Waals surface area contributed by atoms with Crippen LogP contribution in [0, 0.1) is 0 Å². The van der Waals surface area contributed by atoms with Crippen molar-refractivity contribution >= 4 is 63.6 Å². The summed E-state index contributed by atoms with van der Waals surface area (Å²) in [6.07, 6.45) is 0. The van der Waals surface area contributed by atoms with E-state index in [1.165, 1.54) is 6.07 Å². The van der Waals surface area contributed by atoms with Gasteiger partial charge in [-0.2, -0.15) is 5.11 Å². The Hall–Kier alpha value is -1.60. The van der Waals surface area contributed by atoms with Gasteiger partial charge in [-0.3, -0.25) is 0 Å². The molecule has 0 saturated carbocycles. The van der Waals surface area contributed by atoms with Gasteiger partial charge >= 0.3 is 5.97 Å². The number of nitrogens with zero attached hydrogens (tertiary/aromatic N) is 2. The summed E-state index contributed by atoms with van der Waals surface area (Å²) in [4.78, 5) is 11.8. The van der Waals surface area contributed by atoms with Crippen LogP contribution in [0.3, 0.4) is 0 Å². The Bertz CT molecular complexity index is 785. The number of esters is 1. The van der Waals surface area contributed by atoms with Crippen LogP contribution in [0.4, 0.5) is 5.69 Å². The lowest BCUT2D eigenvalue weighted by atomic mass is 10.2. The van der Waals surface area contributed by atoms with E-state index in [-0.39, 0.29) is 15.6 Å². The molecule has 0 bridgehead atoms. The fraction of sp³-hybridized carbons (Fsp3) is 0.0714. The molecule has 2 rings (SSSR count). The van der Waals surface area contributed by atoms with Gasteiger partial charge in [-0.15, -0.1) is 16.5 Å². The average Bonchev–Trinajstić information content (AvgIpc) is 2.87. The third-order valence-corrected chi connectivity index (χ3v) is 4.35. The van der Waals surface area contributed by atoms with Crippen molar-refractivity contribution in [3.63, 3.8) is 0 Å². The molecule has 0 atom stereocenters. The van der Waals surface area contributed by atoms with Crippen molar-refractivity contribution in [2.24, 2.45) is 10.2 Å². The summed E-state index contributed by atoms with van der Waals surface area (Å²) in [5, 5.41) is 18.4. The van der Waals surface area contributed by atoms with Crippen LogP contribution in [0.1, 0.15) is 5.56 Å². The largest absolute Gasteiger partial charge is 0.505 e. The van der Waals surface area contributed by atoms with E-state index in [0.717, 1.165) is 18.4 Å². The van der Waals surface area contributed by atoms with Gasteiger partial charge in [0.25, 0.3) is 0 Å². The number of methoxy groups -OCH3 is 1. The number of hydrogen-bond acceptors (Lipinski definition) is 6. The van der Waals surface area contributed by atoms with Gasteiger partial charge in [0, 0.05) is 5.02 Å². The zero-order valence-corrected chi connectivity index (χ0v) is 14.7. The number of hydrogen-bond donors (Lipinski definition) is 1. The summed E-state index contributed by atoms with van der Waals surface area (Å²) in [5.41, 5.74) is 0.231. The number of halogens is 3. The molecule has 0 spiro atoms. The van der Waals surface area contributed by atoms with Crippen molar-refractivity contribution in [2.45, 2.75) is 0 Å². The molecule has 0 aliphatic heterocycles. The molecular weight excluding hydrogens is 383 g/mol. The summed E-state index contributed by atoms with van der Waals surface area (Å²) in [6.45, 7) is 0. The molecule has 120 valence electrons. The summed E-state index contributed by atoms with van der Waals surface area (Å²) in [5.74, 6) is -1.33. The highest BCUT2D eigenvalue weighted by Gasteiger charge is 2.21. The topological polar surface area (TPSA) is 71.2 Å². The lowest BCUT2D eigenvalue weighted by Crippen LogP contribution is -2.05. The predicted molar refractivity (Wildman–Crippen MR) is 91.9 cm³/mol. The second-order valence-corrected chi connectivity index (χ2v) is 6.83. The van der Waals surface area contributed by atoms with Crippen molar-refractivity contribution in [2.75, 3.05) is 7.11 Å². The minimum Gasteiger partial charge on any atom is -0.505 e. The number of carbonyl (C=O) groups excluding carboxylic acids is 1. The van der Waals surface area contributed by atoms with Crippen molar-refractivity contribution < 1.29 is 14.6 Å². The van der Waals surface area contributed by atoms with E-state index < -0.39 is 11.7 Å². The second kappa shape index (κ2) is 7.79. The minimum absolute atomic E-state index is 0.178. The van der Waals surface area contributed by atoms with E-state index in [0.29, 0.717) is 15.0 Å². The average molecular weight is 392 g/mol. The van der Waals surface area contributed by atoms with Crippen LogP contribution >= 0.6 is 46.1 Å². The van der Waals surface area contributed by atoms with Gasteiger partial charge in [0.05, 0.1) is 22.7 Å². The van der Waals surface area contributed by atoms with Crippen LogP contribution in [0.5, 0.6) is 0 Å². The van der Waals surface area contributed by atoms with Gasteiger partial charge in [0.2, 0.25) is 5.70 Å². The lowest BCUT2D eigenvalue weighted by Gasteiger charge is -2.03. The molecule has 0 aliphatic rings. The summed E-state index contributed by atoms with van der Waals surface area (Å²) < 4.78 is 5.18. The first-order valence-corrected chi connectivity index (χ1v) is 8.01. The molecule has 1 N–H and O–H groups in total. The van der Waals surface area contributed by atoms with Crippen LogP contribution in [0.15, 0.2) is 46.3 Å². The molecular formula is C14H9Cl3N2O3S. The molecule has 2 aromatic rings. The maximum Gasteiger partial charge on any atom is 0.362 e. The maximum absolute atomic E-state index is 11.8. The first-order chi connectivity index (χ1) is 10.9. The molecule has 1 aromatic carbocycles.